The highest BCUT2D eigenvalue weighted by Crippen LogP contribution is 2.15. The van der Waals surface area contributed by atoms with Gasteiger partial charge in [0.05, 0.1) is 0 Å². The number of anilines is 2. The second-order valence-electron chi connectivity index (χ2n) is 5.39. The van der Waals surface area contributed by atoms with Crippen molar-refractivity contribution in [2.24, 2.45) is 7.05 Å². The van der Waals surface area contributed by atoms with E-state index in [-0.39, 0.29) is 11.8 Å². The van der Waals surface area contributed by atoms with Gasteiger partial charge in [-0.05, 0) is 43.3 Å². The number of hydrogen-bond acceptors (Lipinski definition) is 4. The molecule has 128 valence electrons. The lowest BCUT2D eigenvalue weighted by Gasteiger charge is -2.08. The minimum Gasteiger partial charge on any atom is -0.321 e. The second-order valence-corrected chi connectivity index (χ2v) is 5.39. The van der Waals surface area contributed by atoms with Crippen LogP contribution in [0.1, 0.15) is 27.9 Å². The molecule has 0 atom stereocenters. The Kier molecular flexibility index (Phi) is 4.60. The number of carbonyl (C=O) groups is 2. The molecule has 0 saturated carbocycles. The van der Waals surface area contributed by atoms with E-state index in [0.29, 0.717) is 29.3 Å². The lowest BCUT2D eigenvalue weighted by molar-refractivity contribution is 0.101. The predicted octanol–water partition coefficient (Wildman–Crippen LogP) is 2.14. The molecule has 1 aromatic carbocycles. The van der Waals surface area contributed by atoms with E-state index in [0.717, 1.165) is 0 Å². The molecule has 0 aliphatic carbocycles. The molecular formula is C17H18N6O2. The predicted molar refractivity (Wildman–Crippen MR) is 93.5 cm³/mol. The van der Waals surface area contributed by atoms with Crippen molar-refractivity contribution >= 4 is 23.2 Å². The SMILES string of the molecule is CCn1nccc1C(=O)Nc1ccc(NC(=O)c2ccn(C)n2)cc1. The van der Waals surface area contributed by atoms with Gasteiger partial charge < -0.3 is 10.6 Å². The van der Waals surface area contributed by atoms with Crippen LogP contribution in [-0.4, -0.2) is 31.4 Å². The molecule has 0 bridgehead atoms. The first-order chi connectivity index (χ1) is 12.1. The summed E-state index contributed by atoms with van der Waals surface area (Å²) >= 11 is 0. The van der Waals surface area contributed by atoms with E-state index >= 15 is 0 Å². The molecule has 0 aliphatic rings. The molecule has 2 amide bonds. The first-order valence-electron chi connectivity index (χ1n) is 7.81. The van der Waals surface area contributed by atoms with E-state index in [1.165, 1.54) is 0 Å². The molecular weight excluding hydrogens is 320 g/mol. The van der Waals surface area contributed by atoms with Crippen LogP contribution in [0.2, 0.25) is 0 Å². The van der Waals surface area contributed by atoms with Crippen LogP contribution in [0.25, 0.3) is 0 Å². The van der Waals surface area contributed by atoms with Crippen molar-refractivity contribution in [1.82, 2.24) is 19.6 Å². The number of benzene rings is 1. The molecule has 2 heterocycles. The van der Waals surface area contributed by atoms with Crippen LogP contribution in [0.4, 0.5) is 11.4 Å². The number of nitrogens with one attached hydrogen (secondary N) is 2. The molecule has 0 spiro atoms. The number of aryl methyl sites for hydroxylation is 2. The van der Waals surface area contributed by atoms with Crippen molar-refractivity contribution in [2.45, 2.75) is 13.5 Å². The maximum absolute atomic E-state index is 12.3. The maximum atomic E-state index is 12.3. The average molecular weight is 338 g/mol. The summed E-state index contributed by atoms with van der Waals surface area (Å²) in [6, 6.07) is 10.2. The fourth-order valence-electron chi connectivity index (χ4n) is 2.34. The van der Waals surface area contributed by atoms with Gasteiger partial charge in [0.2, 0.25) is 0 Å². The lowest BCUT2D eigenvalue weighted by atomic mass is 10.2. The van der Waals surface area contributed by atoms with Crippen molar-refractivity contribution in [1.29, 1.82) is 0 Å². The number of hydrogen-bond donors (Lipinski definition) is 2. The van der Waals surface area contributed by atoms with E-state index in [4.69, 9.17) is 0 Å². The standard InChI is InChI=1S/C17H18N6O2/c1-3-23-15(8-10-18-23)17(25)20-13-6-4-12(5-7-13)19-16(24)14-9-11-22(2)21-14/h4-11H,3H2,1-2H3,(H,19,24)(H,20,25). The van der Waals surface area contributed by atoms with Gasteiger partial charge in [0, 0.05) is 37.4 Å². The Morgan fingerprint density at radius 1 is 1.00 bits per heavy atom. The Morgan fingerprint density at radius 3 is 2.20 bits per heavy atom. The molecule has 3 rings (SSSR count). The zero-order valence-corrected chi connectivity index (χ0v) is 13.9. The molecule has 3 aromatic rings. The van der Waals surface area contributed by atoms with Crippen LogP contribution in [-0.2, 0) is 13.6 Å². The fourth-order valence-corrected chi connectivity index (χ4v) is 2.34. The van der Waals surface area contributed by atoms with E-state index in [1.807, 2.05) is 6.92 Å². The van der Waals surface area contributed by atoms with Crippen molar-refractivity contribution in [3.05, 3.63) is 60.2 Å². The second kappa shape index (κ2) is 7.00. The summed E-state index contributed by atoms with van der Waals surface area (Å²) in [5.41, 5.74) is 2.08. The summed E-state index contributed by atoms with van der Waals surface area (Å²) < 4.78 is 3.19. The minimum atomic E-state index is -0.288. The third-order valence-corrected chi connectivity index (χ3v) is 3.60. The number of amides is 2. The van der Waals surface area contributed by atoms with Crippen LogP contribution in [0.3, 0.4) is 0 Å². The van der Waals surface area contributed by atoms with Crippen molar-refractivity contribution in [3.63, 3.8) is 0 Å². The van der Waals surface area contributed by atoms with Gasteiger partial charge in [0.1, 0.15) is 5.69 Å². The smallest absolute Gasteiger partial charge is 0.276 e. The van der Waals surface area contributed by atoms with Crippen molar-refractivity contribution in [2.75, 3.05) is 10.6 Å². The summed E-state index contributed by atoms with van der Waals surface area (Å²) in [5, 5.41) is 13.7. The molecule has 8 heteroatoms. The Balaban J connectivity index is 1.64. The highest BCUT2D eigenvalue weighted by atomic mass is 16.2. The summed E-state index contributed by atoms with van der Waals surface area (Å²) in [6.45, 7) is 2.54. The molecule has 2 N–H and O–H groups in total. The van der Waals surface area contributed by atoms with E-state index in [1.54, 1.807) is 65.2 Å². The molecule has 0 radical (unpaired) electrons. The maximum Gasteiger partial charge on any atom is 0.276 e. The van der Waals surface area contributed by atoms with Crippen LogP contribution in [0, 0.1) is 0 Å². The van der Waals surface area contributed by atoms with Gasteiger partial charge in [-0.15, -0.1) is 0 Å². The summed E-state index contributed by atoms with van der Waals surface area (Å²) in [4.78, 5) is 24.3. The van der Waals surface area contributed by atoms with Crippen molar-refractivity contribution in [3.8, 4) is 0 Å². The Morgan fingerprint density at radius 2 is 1.64 bits per heavy atom. The van der Waals surface area contributed by atoms with Gasteiger partial charge >= 0.3 is 0 Å². The highest BCUT2D eigenvalue weighted by Gasteiger charge is 2.12. The molecule has 0 aliphatic heterocycles. The summed E-state index contributed by atoms with van der Waals surface area (Å²) in [7, 11) is 1.75. The van der Waals surface area contributed by atoms with E-state index in [2.05, 4.69) is 20.8 Å². The molecule has 0 unspecified atom stereocenters. The normalized spacial score (nSPS) is 10.5. The average Bonchev–Trinajstić information content (AvgIpc) is 3.25. The monoisotopic (exact) mass is 338 g/mol. The molecule has 0 fully saturated rings. The van der Waals surface area contributed by atoms with E-state index in [9.17, 15) is 9.59 Å². The molecule has 25 heavy (non-hydrogen) atoms. The summed E-state index contributed by atoms with van der Waals surface area (Å²) in [6.07, 6.45) is 3.29. The molecule has 0 saturated heterocycles. The zero-order valence-electron chi connectivity index (χ0n) is 13.9. The largest absolute Gasteiger partial charge is 0.321 e. The van der Waals surface area contributed by atoms with Gasteiger partial charge in [-0.1, -0.05) is 0 Å². The fraction of sp³-hybridized carbons (Fsp3) is 0.176. The van der Waals surface area contributed by atoms with Crippen LogP contribution in [0.15, 0.2) is 48.8 Å². The number of aromatic nitrogens is 4. The Labute approximate surface area is 144 Å². The first kappa shape index (κ1) is 16.4. The van der Waals surface area contributed by atoms with Gasteiger partial charge in [-0.3, -0.25) is 19.0 Å². The van der Waals surface area contributed by atoms with E-state index < -0.39 is 0 Å². The third kappa shape index (κ3) is 3.74. The topological polar surface area (TPSA) is 93.8 Å². The first-order valence-corrected chi connectivity index (χ1v) is 7.81. The Bertz CT molecular complexity index is 894. The Hall–Kier alpha value is -3.42. The third-order valence-electron chi connectivity index (χ3n) is 3.60. The van der Waals surface area contributed by atoms with Gasteiger partial charge in [-0.2, -0.15) is 10.2 Å². The highest BCUT2D eigenvalue weighted by molar-refractivity contribution is 6.04. The van der Waals surface area contributed by atoms with Gasteiger partial charge in [-0.25, -0.2) is 0 Å². The number of carbonyl (C=O) groups excluding carboxylic acids is 2. The van der Waals surface area contributed by atoms with Crippen LogP contribution in [0.5, 0.6) is 0 Å². The van der Waals surface area contributed by atoms with Crippen molar-refractivity contribution < 1.29 is 9.59 Å². The van der Waals surface area contributed by atoms with Gasteiger partial charge in [0.15, 0.2) is 5.69 Å². The lowest BCUT2D eigenvalue weighted by Crippen LogP contribution is -2.17. The molecule has 8 nitrogen and oxygen atoms in total. The number of rotatable bonds is 5. The number of nitrogens with zero attached hydrogens (tertiary/aromatic N) is 4. The van der Waals surface area contributed by atoms with Crippen LogP contribution < -0.4 is 10.6 Å². The van der Waals surface area contributed by atoms with Crippen LogP contribution >= 0.6 is 0 Å². The summed E-state index contributed by atoms with van der Waals surface area (Å²) in [5.74, 6) is -0.520. The molecule has 2 aromatic heterocycles. The quantitative estimate of drug-likeness (QED) is 0.745. The minimum absolute atomic E-state index is 0.232. The van der Waals surface area contributed by atoms with Gasteiger partial charge in [0.25, 0.3) is 11.8 Å². The zero-order chi connectivity index (χ0) is 17.8.